The van der Waals surface area contributed by atoms with Gasteiger partial charge in [-0.15, -0.1) is 0 Å². The first kappa shape index (κ1) is 15.4. The number of methoxy groups -OCH3 is 1. The summed E-state index contributed by atoms with van der Waals surface area (Å²) in [4.78, 5) is 16.6. The van der Waals surface area contributed by atoms with Gasteiger partial charge in [0.15, 0.2) is 5.65 Å². The van der Waals surface area contributed by atoms with Gasteiger partial charge in [0, 0.05) is 0 Å². The van der Waals surface area contributed by atoms with Gasteiger partial charge in [-0.25, -0.2) is 18.9 Å². The van der Waals surface area contributed by atoms with E-state index in [1.807, 2.05) is 0 Å². The largest absolute Gasteiger partial charge is 0.465 e. The van der Waals surface area contributed by atoms with Crippen LogP contribution in [0.1, 0.15) is 21.7 Å². The van der Waals surface area contributed by atoms with Gasteiger partial charge in [-0.05, 0) is 38.1 Å². The molecule has 23 heavy (non-hydrogen) atoms. The second-order valence-corrected chi connectivity index (χ2v) is 5.43. The van der Waals surface area contributed by atoms with Crippen LogP contribution in [0.3, 0.4) is 0 Å². The Labute approximate surface area is 136 Å². The first-order chi connectivity index (χ1) is 10.9. The molecular formula is C16H13ClFN3O2. The van der Waals surface area contributed by atoms with E-state index in [1.54, 1.807) is 30.7 Å². The maximum atomic E-state index is 13.1. The van der Waals surface area contributed by atoms with E-state index in [1.165, 1.54) is 19.2 Å². The first-order valence-electron chi connectivity index (χ1n) is 6.83. The Morgan fingerprint density at radius 3 is 2.48 bits per heavy atom. The lowest BCUT2D eigenvalue weighted by Crippen LogP contribution is -2.06. The van der Waals surface area contributed by atoms with Gasteiger partial charge in [0.2, 0.25) is 0 Å². The summed E-state index contributed by atoms with van der Waals surface area (Å²) in [6, 6.07) is 5.85. The number of rotatable bonds is 2. The number of fused-ring (bicyclic) bond motifs is 1. The first-order valence-corrected chi connectivity index (χ1v) is 7.21. The summed E-state index contributed by atoms with van der Waals surface area (Å²) in [6.07, 6.45) is 0. The van der Waals surface area contributed by atoms with Crippen molar-refractivity contribution in [2.75, 3.05) is 7.11 Å². The summed E-state index contributed by atoms with van der Waals surface area (Å²) < 4.78 is 19.5. The van der Waals surface area contributed by atoms with Gasteiger partial charge >= 0.3 is 5.97 Å². The minimum absolute atomic E-state index is 0.238. The summed E-state index contributed by atoms with van der Waals surface area (Å²) in [7, 11) is 1.29. The van der Waals surface area contributed by atoms with Crippen molar-refractivity contribution in [3.8, 4) is 5.69 Å². The van der Waals surface area contributed by atoms with Gasteiger partial charge in [0.05, 0.1) is 40.2 Å². The minimum Gasteiger partial charge on any atom is -0.465 e. The molecule has 2 heterocycles. The van der Waals surface area contributed by atoms with E-state index in [9.17, 15) is 9.18 Å². The van der Waals surface area contributed by atoms with Crippen LogP contribution in [0.5, 0.6) is 0 Å². The quantitative estimate of drug-likeness (QED) is 0.672. The Kier molecular flexibility index (Phi) is 3.77. The highest BCUT2D eigenvalue weighted by Crippen LogP contribution is 2.31. The van der Waals surface area contributed by atoms with Crippen LogP contribution in [-0.4, -0.2) is 27.8 Å². The Hall–Kier alpha value is -2.47. The van der Waals surface area contributed by atoms with Crippen LogP contribution in [0, 0.1) is 19.7 Å². The van der Waals surface area contributed by atoms with E-state index in [-0.39, 0.29) is 16.4 Å². The lowest BCUT2D eigenvalue weighted by atomic mass is 10.1. The third-order valence-corrected chi connectivity index (χ3v) is 4.02. The summed E-state index contributed by atoms with van der Waals surface area (Å²) >= 11 is 6.24. The van der Waals surface area contributed by atoms with Crippen molar-refractivity contribution in [2.24, 2.45) is 0 Å². The zero-order chi connectivity index (χ0) is 16.7. The molecule has 3 rings (SSSR count). The van der Waals surface area contributed by atoms with Crippen molar-refractivity contribution in [1.29, 1.82) is 0 Å². The van der Waals surface area contributed by atoms with Gasteiger partial charge in [-0.1, -0.05) is 11.6 Å². The number of esters is 1. The van der Waals surface area contributed by atoms with Crippen molar-refractivity contribution >= 4 is 28.6 Å². The fraction of sp³-hybridized carbons (Fsp3) is 0.188. The molecule has 1 aromatic carbocycles. The molecular weight excluding hydrogens is 321 g/mol. The normalized spacial score (nSPS) is 11.0. The van der Waals surface area contributed by atoms with Gasteiger partial charge in [0.25, 0.3) is 0 Å². The summed E-state index contributed by atoms with van der Waals surface area (Å²) in [5, 5.41) is 5.18. The van der Waals surface area contributed by atoms with Gasteiger partial charge < -0.3 is 4.74 Å². The molecule has 0 saturated carbocycles. The minimum atomic E-state index is -0.549. The number of aromatic nitrogens is 3. The molecule has 0 bridgehead atoms. The summed E-state index contributed by atoms with van der Waals surface area (Å²) in [5.41, 5.74) is 2.41. The molecule has 0 saturated heterocycles. The molecule has 0 aliphatic heterocycles. The number of carbonyl (C=O) groups excluding carboxylic acids is 1. The van der Waals surface area contributed by atoms with Crippen LogP contribution in [0.15, 0.2) is 24.3 Å². The molecule has 118 valence electrons. The monoisotopic (exact) mass is 333 g/mol. The van der Waals surface area contributed by atoms with Gasteiger partial charge in [-0.3, -0.25) is 0 Å². The zero-order valence-corrected chi connectivity index (χ0v) is 13.5. The Balaban J connectivity index is 2.37. The highest BCUT2D eigenvalue weighted by molar-refractivity contribution is 6.35. The molecule has 0 spiro atoms. The molecule has 0 unspecified atom stereocenters. The maximum absolute atomic E-state index is 13.1. The number of hydrogen-bond acceptors (Lipinski definition) is 4. The topological polar surface area (TPSA) is 57.0 Å². The smallest absolute Gasteiger partial charge is 0.340 e. The number of pyridine rings is 1. The van der Waals surface area contributed by atoms with E-state index >= 15 is 0 Å². The number of ether oxygens (including phenoxy) is 1. The number of benzene rings is 1. The van der Waals surface area contributed by atoms with Gasteiger partial charge in [-0.2, -0.15) is 5.10 Å². The lowest BCUT2D eigenvalue weighted by molar-refractivity contribution is 0.0603. The average Bonchev–Trinajstić information content (AvgIpc) is 2.85. The maximum Gasteiger partial charge on any atom is 0.340 e. The number of halogens is 2. The molecule has 5 nitrogen and oxygen atoms in total. The third kappa shape index (κ3) is 2.45. The van der Waals surface area contributed by atoms with E-state index in [0.29, 0.717) is 28.1 Å². The van der Waals surface area contributed by atoms with E-state index in [2.05, 4.69) is 10.1 Å². The molecule has 7 heteroatoms. The molecule has 0 aliphatic rings. The molecule has 2 aromatic heterocycles. The second-order valence-electron chi connectivity index (χ2n) is 5.05. The van der Waals surface area contributed by atoms with Crippen LogP contribution >= 0.6 is 11.6 Å². The predicted molar refractivity (Wildman–Crippen MR) is 84.6 cm³/mol. The third-order valence-electron chi connectivity index (χ3n) is 3.56. The van der Waals surface area contributed by atoms with E-state index in [0.717, 1.165) is 0 Å². The fourth-order valence-electron chi connectivity index (χ4n) is 2.47. The van der Waals surface area contributed by atoms with Crippen molar-refractivity contribution < 1.29 is 13.9 Å². The van der Waals surface area contributed by atoms with Crippen LogP contribution in [-0.2, 0) is 4.74 Å². The molecule has 3 aromatic rings. The van der Waals surface area contributed by atoms with Crippen molar-refractivity contribution in [2.45, 2.75) is 13.8 Å². The van der Waals surface area contributed by atoms with Crippen molar-refractivity contribution in [1.82, 2.24) is 14.8 Å². The number of carbonyl (C=O) groups is 1. The molecule has 0 amide bonds. The molecule has 0 aliphatic carbocycles. The molecule has 0 atom stereocenters. The molecule has 0 radical (unpaired) electrons. The van der Waals surface area contributed by atoms with Gasteiger partial charge in [0.1, 0.15) is 5.82 Å². The zero-order valence-electron chi connectivity index (χ0n) is 12.7. The Morgan fingerprint density at radius 1 is 1.22 bits per heavy atom. The van der Waals surface area contributed by atoms with Crippen LogP contribution in [0.2, 0.25) is 5.02 Å². The number of nitrogens with zero attached hydrogens (tertiary/aromatic N) is 3. The van der Waals surface area contributed by atoms with Crippen LogP contribution < -0.4 is 0 Å². The predicted octanol–water partition coefficient (Wildman–Crippen LogP) is 3.62. The average molecular weight is 334 g/mol. The highest BCUT2D eigenvalue weighted by atomic mass is 35.5. The summed E-state index contributed by atoms with van der Waals surface area (Å²) in [6.45, 7) is 3.45. The Bertz CT molecular complexity index is 919. The summed E-state index contributed by atoms with van der Waals surface area (Å²) in [5.74, 6) is -0.892. The Morgan fingerprint density at radius 2 is 1.87 bits per heavy atom. The lowest BCUT2D eigenvalue weighted by Gasteiger charge is -2.08. The number of aryl methyl sites for hydroxylation is 2. The molecule has 0 fully saturated rings. The van der Waals surface area contributed by atoms with E-state index < -0.39 is 5.97 Å². The van der Waals surface area contributed by atoms with E-state index in [4.69, 9.17) is 16.3 Å². The second kappa shape index (κ2) is 5.62. The standard InChI is InChI=1S/C16H13ClFN3O2/c1-8-12-13(16(22)23-3)14(17)9(2)19-15(12)21(20-8)11-6-4-10(18)5-7-11/h4-7H,1-3H3. The fourth-order valence-corrected chi connectivity index (χ4v) is 2.68. The number of hydrogen-bond donors (Lipinski definition) is 0. The SMILES string of the molecule is COC(=O)c1c(Cl)c(C)nc2c1c(C)nn2-c1ccc(F)cc1. The molecule has 0 N–H and O–H groups in total. The van der Waals surface area contributed by atoms with Crippen LogP contribution in [0.25, 0.3) is 16.7 Å². The van der Waals surface area contributed by atoms with Crippen LogP contribution in [0.4, 0.5) is 4.39 Å². The highest BCUT2D eigenvalue weighted by Gasteiger charge is 2.24. The van der Waals surface area contributed by atoms with Crippen molar-refractivity contribution in [3.05, 3.63) is 52.1 Å². The van der Waals surface area contributed by atoms with Crippen molar-refractivity contribution in [3.63, 3.8) is 0 Å².